The van der Waals surface area contributed by atoms with Gasteiger partial charge in [-0.2, -0.15) is 13.2 Å². The van der Waals surface area contributed by atoms with Gasteiger partial charge < -0.3 is 10.4 Å². The van der Waals surface area contributed by atoms with E-state index in [1.165, 1.54) is 24.3 Å². The molecule has 2 aromatic carbocycles. The zero-order valence-electron chi connectivity index (χ0n) is 10.4. The van der Waals surface area contributed by atoms with E-state index in [0.717, 1.165) is 18.2 Å². The molecule has 0 unspecified atom stereocenters. The Balaban J connectivity index is 2.22. The van der Waals surface area contributed by atoms with E-state index in [1.54, 1.807) is 0 Å². The zero-order valence-corrected chi connectivity index (χ0v) is 11.2. The monoisotopic (exact) mass is 315 g/mol. The molecule has 0 atom stereocenters. The second-order valence-corrected chi connectivity index (χ2v) is 4.61. The van der Waals surface area contributed by atoms with E-state index in [4.69, 9.17) is 11.6 Å². The largest absolute Gasteiger partial charge is 0.506 e. The van der Waals surface area contributed by atoms with Crippen LogP contribution in [0.1, 0.15) is 15.9 Å². The van der Waals surface area contributed by atoms with E-state index < -0.39 is 17.6 Å². The Hall–Kier alpha value is -2.21. The van der Waals surface area contributed by atoms with Gasteiger partial charge in [0.05, 0.1) is 10.6 Å². The van der Waals surface area contributed by atoms with Gasteiger partial charge in [0.15, 0.2) is 0 Å². The Labute approximate surface area is 123 Å². The summed E-state index contributed by atoms with van der Waals surface area (Å²) in [6.45, 7) is 0. The third kappa shape index (κ3) is 3.66. The molecule has 0 bridgehead atoms. The first kappa shape index (κ1) is 15.2. The third-order valence-electron chi connectivity index (χ3n) is 2.66. The van der Waals surface area contributed by atoms with Gasteiger partial charge in [0.1, 0.15) is 5.75 Å². The topological polar surface area (TPSA) is 49.3 Å². The molecule has 0 saturated heterocycles. The number of alkyl halides is 3. The number of hydrogen-bond donors (Lipinski definition) is 2. The van der Waals surface area contributed by atoms with Crippen LogP contribution in [0.3, 0.4) is 0 Å². The van der Waals surface area contributed by atoms with Gasteiger partial charge in [0.25, 0.3) is 5.91 Å². The maximum atomic E-state index is 12.6. The fourth-order valence-electron chi connectivity index (χ4n) is 1.62. The van der Waals surface area contributed by atoms with Crippen LogP contribution in [-0.4, -0.2) is 11.0 Å². The van der Waals surface area contributed by atoms with Gasteiger partial charge in [0, 0.05) is 11.3 Å². The summed E-state index contributed by atoms with van der Waals surface area (Å²) in [4.78, 5) is 11.9. The van der Waals surface area contributed by atoms with Crippen molar-refractivity contribution in [3.05, 3.63) is 58.6 Å². The number of rotatable bonds is 2. The number of carbonyl (C=O) groups is 1. The van der Waals surface area contributed by atoms with Crippen LogP contribution in [0.4, 0.5) is 18.9 Å². The fourth-order valence-corrected chi connectivity index (χ4v) is 1.81. The van der Waals surface area contributed by atoms with Crippen molar-refractivity contribution in [1.29, 1.82) is 0 Å². The van der Waals surface area contributed by atoms with Crippen LogP contribution in [-0.2, 0) is 6.18 Å². The number of aromatic hydroxyl groups is 1. The summed E-state index contributed by atoms with van der Waals surface area (Å²) in [5.74, 6) is -0.864. The second-order valence-electron chi connectivity index (χ2n) is 4.20. The number of nitrogens with one attached hydrogen (secondary N) is 1. The minimum Gasteiger partial charge on any atom is -0.506 e. The van der Waals surface area contributed by atoms with Crippen molar-refractivity contribution in [1.82, 2.24) is 0 Å². The SMILES string of the molecule is O=C(Nc1ccc(O)c(Cl)c1)c1cccc(C(F)(F)F)c1. The second kappa shape index (κ2) is 5.65. The molecule has 2 aromatic rings. The number of phenolic OH excluding ortho intramolecular Hbond substituents is 1. The minimum atomic E-state index is -4.52. The standard InChI is InChI=1S/C14H9ClF3NO2/c15-11-7-10(4-5-12(11)20)19-13(21)8-2-1-3-9(6-8)14(16,17)18/h1-7,20H,(H,19,21). The first-order valence-corrected chi connectivity index (χ1v) is 6.12. The number of hydrogen-bond acceptors (Lipinski definition) is 2. The lowest BCUT2D eigenvalue weighted by Crippen LogP contribution is -2.13. The van der Waals surface area contributed by atoms with Gasteiger partial charge in [-0.3, -0.25) is 4.79 Å². The number of anilines is 1. The highest BCUT2D eigenvalue weighted by Crippen LogP contribution is 2.30. The van der Waals surface area contributed by atoms with Gasteiger partial charge in [-0.05, 0) is 36.4 Å². The molecule has 2 N–H and O–H groups in total. The number of benzene rings is 2. The first-order valence-electron chi connectivity index (χ1n) is 5.74. The quantitative estimate of drug-likeness (QED) is 0.811. The Kier molecular flexibility index (Phi) is 4.09. The highest BCUT2D eigenvalue weighted by molar-refractivity contribution is 6.32. The average molecular weight is 316 g/mol. The third-order valence-corrected chi connectivity index (χ3v) is 2.96. The molecule has 0 aliphatic carbocycles. The molecular weight excluding hydrogens is 307 g/mol. The highest BCUT2D eigenvalue weighted by Gasteiger charge is 2.30. The molecule has 7 heteroatoms. The van der Waals surface area contributed by atoms with Gasteiger partial charge in [-0.1, -0.05) is 17.7 Å². The van der Waals surface area contributed by atoms with Crippen LogP contribution >= 0.6 is 11.6 Å². The van der Waals surface area contributed by atoms with E-state index in [-0.39, 0.29) is 22.0 Å². The van der Waals surface area contributed by atoms with E-state index >= 15 is 0 Å². The molecule has 1 amide bonds. The van der Waals surface area contributed by atoms with Crippen LogP contribution in [0, 0.1) is 0 Å². The van der Waals surface area contributed by atoms with E-state index in [9.17, 15) is 23.1 Å². The van der Waals surface area contributed by atoms with Gasteiger partial charge >= 0.3 is 6.18 Å². The maximum absolute atomic E-state index is 12.6. The molecule has 0 aliphatic rings. The van der Waals surface area contributed by atoms with Crippen molar-refractivity contribution in [3.8, 4) is 5.75 Å². The van der Waals surface area contributed by atoms with Crippen LogP contribution in [0.2, 0.25) is 5.02 Å². The molecule has 0 aliphatic heterocycles. The fraction of sp³-hybridized carbons (Fsp3) is 0.0714. The van der Waals surface area contributed by atoms with E-state index in [1.807, 2.05) is 0 Å². The number of amides is 1. The molecule has 0 radical (unpaired) electrons. The summed E-state index contributed by atoms with van der Waals surface area (Å²) < 4.78 is 37.7. The lowest BCUT2D eigenvalue weighted by molar-refractivity contribution is -0.137. The number of phenols is 1. The Morgan fingerprint density at radius 2 is 1.86 bits per heavy atom. The molecule has 0 spiro atoms. The highest BCUT2D eigenvalue weighted by atomic mass is 35.5. The predicted molar refractivity (Wildman–Crippen MR) is 72.5 cm³/mol. The van der Waals surface area contributed by atoms with Crippen LogP contribution in [0.15, 0.2) is 42.5 Å². The summed E-state index contributed by atoms with van der Waals surface area (Å²) in [5.41, 5.74) is -0.770. The van der Waals surface area contributed by atoms with Crippen molar-refractivity contribution in [2.75, 3.05) is 5.32 Å². The Morgan fingerprint density at radius 1 is 1.14 bits per heavy atom. The molecule has 0 fully saturated rings. The molecule has 3 nitrogen and oxygen atoms in total. The Bertz CT molecular complexity index is 686. The van der Waals surface area contributed by atoms with Crippen LogP contribution in [0.5, 0.6) is 5.75 Å². The lowest BCUT2D eigenvalue weighted by Gasteiger charge is -2.09. The zero-order chi connectivity index (χ0) is 15.6. The van der Waals surface area contributed by atoms with Gasteiger partial charge in [-0.15, -0.1) is 0 Å². The van der Waals surface area contributed by atoms with E-state index in [0.29, 0.717) is 0 Å². The van der Waals surface area contributed by atoms with Crippen molar-refractivity contribution >= 4 is 23.2 Å². The van der Waals surface area contributed by atoms with Crippen molar-refractivity contribution in [2.24, 2.45) is 0 Å². The van der Waals surface area contributed by atoms with Gasteiger partial charge in [0.2, 0.25) is 0 Å². The summed E-state index contributed by atoms with van der Waals surface area (Å²) >= 11 is 5.68. The molecule has 0 saturated carbocycles. The molecule has 0 heterocycles. The summed E-state index contributed by atoms with van der Waals surface area (Å²) in [6.07, 6.45) is -4.52. The molecule has 2 rings (SSSR count). The smallest absolute Gasteiger partial charge is 0.416 e. The Morgan fingerprint density at radius 3 is 2.48 bits per heavy atom. The van der Waals surface area contributed by atoms with Gasteiger partial charge in [-0.25, -0.2) is 0 Å². The van der Waals surface area contributed by atoms with Crippen LogP contribution < -0.4 is 5.32 Å². The first-order chi connectivity index (χ1) is 9.77. The molecule has 0 aromatic heterocycles. The number of halogens is 4. The lowest BCUT2D eigenvalue weighted by atomic mass is 10.1. The summed E-state index contributed by atoms with van der Waals surface area (Å²) in [6, 6.07) is 8.01. The maximum Gasteiger partial charge on any atom is 0.416 e. The molecular formula is C14H9ClF3NO2. The van der Waals surface area contributed by atoms with E-state index in [2.05, 4.69) is 5.32 Å². The predicted octanol–water partition coefficient (Wildman–Crippen LogP) is 4.32. The minimum absolute atomic E-state index is 0.0249. The van der Waals surface area contributed by atoms with Crippen LogP contribution in [0.25, 0.3) is 0 Å². The summed E-state index contributed by atoms with van der Waals surface area (Å²) in [7, 11) is 0. The van der Waals surface area contributed by atoms with Crippen molar-refractivity contribution < 1.29 is 23.1 Å². The summed E-state index contributed by atoms with van der Waals surface area (Å²) in [5, 5.41) is 11.7. The normalized spacial score (nSPS) is 11.2. The molecule has 110 valence electrons. The van der Waals surface area contributed by atoms with Crippen molar-refractivity contribution in [2.45, 2.75) is 6.18 Å². The molecule has 21 heavy (non-hydrogen) atoms. The van der Waals surface area contributed by atoms with Crippen molar-refractivity contribution in [3.63, 3.8) is 0 Å². The average Bonchev–Trinajstić information content (AvgIpc) is 2.42. The number of carbonyl (C=O) groups excluding carboxylic acids is 1.